The van der Waals surface area contributed by atoms with Gasteiger partial charge in [-0.05, 0) is 78.4 Å². The molecule has 5 N–H and O–H groups in total. The lowest BCUT2D eigenvalue weighted by Gasteiger charge is -2.28. The number of halogens is 1. The predicted molar refractivity (Wildman–Crippen MR) is 154 cm³/mol. The minimum atomic E-state index is -4.37. The average Bonchev–Trinajstić information content (AvgIpc) is 3.28. The number of hydrogen-bond acceptors (Lipinski definition) is 4. The maximum absolute atomic E-state index is 13.3. The maximum Gasteiger partial charge on any atom is 0.356 e. The number of carbonyl (C=O) groups excluding carboxylic acids is 1. The van der Waals surface area contributed by atoms with Crippen LogP contribution in [0.15, 0.2) is 97.1 Å². The Kier molecular flexibility index (Phi) is 8.24. The Morgan fingerprint density at radius 3 is 2.20 bits per heavy atom. The zero-order valence-corrected chi connectivity index (χ0v) is 22.9. The highest BCUT2D eigenvalue weighted by molar-refractivity contribution is 7.60. The lowest BCUT2D eigenvalue weighted by atomic mass is 9.92. The lowest BCUT2D eigenvalue weighted by Crippen LogP contribution is -2.29. The van der Waals surface area contributed by atoms with Gasteiger partial charge in [-0.15, -0.1) is 0 Å². The Morgan fingerprint density at radius 1 is 0.902 bits per heavy atom. The first-order valence-electron chi connectivity index (χ1n) is 13.2. The number of urea groups is 1. The van der Waals surface area contributed by atoms with Crippen LogP contribution < -0.4 is 15.5 Å². The smallest absolute Gasteiger partial charge is 0.356 e. The minimum absolute atomic E-state index is 0.0275. The highest BCUT2D eigenvalue weighted by atomic mass is 31.2. The Labute approximate surface area is 236 Å². The van der Waals surface area contributed by atoms with Crippen LogP contribution in [-0.4, -0.2) is 32.1 Å². The third-order valence-electron chi connectivity index (χ3n) is 7.35. The van der Waals surface area contributed by atoms with Crippen LogP contribution in [0, 0.1) is 5.82 Å². The van der Waals surface area contributed by atoms with Crippen LogP contribution >= 0.6 is 7.60 Å². The Hall–Kier alpha value is -4.01. The molecule has 0 aromatic heterocycles. The number of aliphatic hydroxyl groups excluding tert-OH is 1. The van der Waals surface area contributed by atoms with Crippen LogP contribution in [0.2, 0.25) is 0 Å². The zero-order chi connectivity index (χ0) is 29.1. The monoisotopic (exact) mass is 576 g/mol. The van der Waals surface area contributed by atoms with Crippen LogP contribution in [0.25, 0.3) is 11.1 Å². The summed E-state index contributed by atoms with van der Waals surface area (Å²) in [5.74, 6) is -0.400. The zero-order valence-electron chi connectivity index (χ0n) is 22.0. The summed E-state index contributed by atoms with van der Waals surface area (Å²) in [6.45, 7) is 0. The van der Waals surface area contributed by atoms with E-state index in [4.69, 9.17) is 0 Å². The predicted octanol–water partition coefficient (Wildman–Crippen LogP) is 5.54. The molecule has 212 valence electrons. The summed E-state index contributed by atoms with van der Waals surface area (Å²) in [7, 11) is -4.37. The molecule has 1 saturated heterocycles. The first-order valence-corrected chi connectivity index (χ1v) is 14.8. The topological polar surface area (TPSA) is 130 Å². The number of phenolic OH excluding ortho intramolecular Hbond substituents is 1. The molecule has 2 amide bonds. The number of phenols is 1. The molecule has 8 nitrogen and oxygen atoms in total. The molecule has 0 unspecified atom stereocenters. The van der Waals surface area contributed by atoms with Crippen molar-refractivity contribution in [2.24, 2.45) is 0 Å². The summed E-state index contributed by atoms with van der Waals surface area (Å²) in [5.41, 5.74) is 3.13. The van der Waals surface area contributed by atoms with Gasteiger partial charge in [0.1, 0.15) is 11.6 Å². The molecule has 3 atom stereocenters. The molecule has 0 bridgehead atoms. The minimum Gasteiger partial charge on any atom is -0.508 e. The third-order valence-corrected chi connectivity index (χ3v) is 8.33. The summed E-state index contributed by atoms with van der Waals surface area (Å²) < 4.78 is 24.8. The molecule has 41 heavy (non-hydrogen) atoms. The molecule has 5 rings (SSSR count). The van der Waals surface area contributed by atoms with E-state index >= 15 is 0 Å². The molecular formula is C31H30FN2O6P. The first-order chi connectivity index (χ1) is 19.6. The van der Waals surface area contributed by atoms with E-state index in [9.17, 15) is 33.7 Å². The number of amides is 2. The summed E-state index contributed by atoms with van der Waals surface area (Å²) in [5, 5.41) is 24.7. The molecule has 1 fully saturated rings. The van der Waals surface area contributed by atoms with Crippen LogP contribution in [0.5, 0.6) is 5.75 Å². The van der Waals surface area contributed by atoms with E-state index in [1.807, 2.05) is 30.3 Å². The average molecular weight is 577 g/mol. The molecule has 0 radical (unpaired) electrons. The molecule has 1 aliphatic rings. The number of aliphatic hydroxyl groups is 1. The first kappa shape index (κ1) is 28.5. The van der Waals surface area contributed by atoms with Crippen molar-refractivity contribution in [3.8, 4) is 16.9 Å². The van der Waals surface area contributed by atoms with E-state index in [-0.39, 0.29) is 28.9 Å². The van der Waals surface area contributed by atoms with E-state index in [0.29, 0.717) is 47.2 Å². The van der Waals surface area contributed by atoms with Gasteiger partial charge < -0.3 is 25.3 Å². The number of nitrogens with zero attached hydrogens (tertiary/aromatic N) is 1. The van der Waals surface area contributed by atoms with E-state index < -0.39 is 19.7 Å². The summed E-state index contributed by atoms with van der Waals surface area (Å²) in [6.07, 6.45) is 0.711. The molecule has 1 aliphatic heterocycles. The molecule has 0 saturated carbocycles. The number of nitrogens with one attached hydrogen (secondary N) is 1. The number of para-hydroxylation sites is 1. The van der Waals surface area contributed by atoms with Crippen molar-refractivity contribution in [2.45, 2.75) is 37.5 Å². The van der Waals surface area contributed by atoms with Gasteiger partial charge in [-0.1, -0.05) is 54.6 Å². The maximum atomic E-state index is 13.3. The largest absolute Gasteiger partial charge is 0.508 e. The van der Waals surface area contributed by atoms with Crippen molar-refractivity contribution in [2.75, 3.05) is 4.90 Å². The third kappa shape index (κ3) is 6.34. The Bertz CT molecular complexity index is 1560. The molecule has 10 heteroatoms. The fourth-order valence-electron chi connectivity index (χ4n) is 5.27. The fraction of sp³-hybridized carbons (Fsp3) is 0.194. The number of hydrogen-bond donors (Lipinski definition) is 5. The van der Waals surface area contributed by atoms with Crippen LogP contribution in [-0.2, 0) is 4.57 Å². The van der Waals surface area contributed by atoms with Crippen molar-refractivity contribution in [3.63, 3.8) is 0 Å². The number of anilines is 1. The van der Waals surface area contributed by atoms with Gasteiger partial charge in [0.05, 0.1) is 23.5 Å². The molecule has 4 aromatic carbocycles. The highest BCUT2D eigenvalue weighted by Crippen LogP contribution is 2.41. The van der Waals surface area contributed by atoms with Crippen molar-refractivity contribution in [1.29, 1.82) is 0 Å². The Morgan fingerprint density at radius 2 is 1.56 bits per heavy atom. The van der Waals surface area contributed by atoms with E-state index in [0.717, 1.165) is 0 Å². The van der Waals surface area contributed by atoms with E-state index in [1.54, 1.807) is 47.4 Å². The van der Waals surface area contributed by atoms with Gasteiger partial charge in [0.2, 0.25) is 0 Å². The molecule has 0 aliphatic carbocycles. The second kappa shape index (κ2) is 11.8. The highest BCUT2D eigenvalue weighted by Gasteiger charge is 2.42. The van der Waals surface area contributed by atoms with Crippen LogP contribution in [0.4, 0.5) is 14.9 Å². The number of carbonyl (C=O) groups is 1. The molecule has 0 spiro atoms. The van der Waals surface area contributed by atoms with Gasteiger partial charge in [0.15, 0.2) is 0 Å². The summed E-state index contributed by atoms with van der Waals surface area (Å²) >= 11 is 0. The molecular weight excluding hydrogens is 546 g/mol. The number of rotatable bonds is 9. The van der Waals surface area contributed by atoms with Gasteiger partial charge in [0, 0.05) is 11.3 Å². The van der Waals surface area contributed by atoms with Crippen molar-refractivity contribution >= 4 is 24.6 Å². The SMILES string of the molecule is O=C1N[C@H](CCC[C@@H](O)c2ccc(F)cc2)[C@@H](c2ccc(-c3ccc(P(=O)(O)O)cc3)cc2O)N1c1ccccc1. The molecule has 1 heterocycles. The number of benzene rings is 4. The second-order valence-electron chi connectivity index (χ2n) is 10.1. The Balaban J connectivity index is 1.40. The standard InChI is InChI=1S/C31H30FN2O6P/c32-23-14-9-21(10-15-23)28(35)8-4-7-27-30(34(31(37)33-27)24-5-2-1-3-6-24)26-18-13-22(19-29(26)36)20-11-16-25(17-12-20)41(38,39)40/h1-3,5-6,9-19,27-28,30,35-36H,4,7-8H2,(H,33,37)(H2,38,39,40)/t27-,28-,30-/m1/s1. The molecule has 4 aromatic rings. The van der Waals surface area contributed by atoms with Gasteiger partial charge >= 0.3 is 13.6 Å². The van der Waals surface area contributed by atoms with Gasteiger partial charge in [-0.25, -0.2) is 9.18 Å². The van der Waals surface area contributed by atoms with Crippen LogP contribution in [0.1, 0.15) is 42.5 Å². The quantitative estimate of drug-likeness (QED) is 0.166. The van der Waals surface area contributed by atoms with E-state index in [2.05, 4.69) is 5.32 Å². The van der Waals surface area contributed by atoms with Gasteiger partial charge in [-0.2, -0.15) is 0 Å². The van der Waals surface area contributed by atoms with Crippen molar-refractivity contribution < 1.29 is 33.7 Å². The second-order valence-corrected chi connectivity index (χ2v) is 11.7. The summed E-state index contributed by atoms with van der Waals surface area (Å²) in [4.78, 5) is 33.6. The van der Waals surface area contributed by atoms with Crippen molar-refractivity contribution in [3.05, 3.63) is 114 Å². The lowest BCUT2D eigenvalue weighted by molar-refractivity contribution is 0.162. The van der Waals surface area contributed by atoms with E-state index in [1.165, 1.54) is 24.3 Å². The fourth-order valence-corrected chi connectivity index (χ4v) is 5.81. The van der Waals surface area contributed by atoms with Crippen molar-refractivity contribution in [1.82, 2.24) is 5.32 Å². The number of aromatic hydroxyl groups is 1. The van der Waals surface area contributed by atoms with Gasteiger partial charge in [-0.3, -0.25) is 9.46 Å². The van der Waals surface area contributed by atoms with Crippen LogP contribution in [0.3, 0.4) is 0 Å². The van der Waals surface area contributed by atoms with Gasteiger partial charge in [0.25, 0.3) is 0 Å². The normalized spacial score (nSPS) is 17.9. The summed E-state index contributed by atoms with van der Waals surface area (Å²) in [6, 6.07) is 24.6.